The van der Waals surface area contributed by atoms with Crippen LogP contribution in [-0.4, -0.2) is 84.9 Å². The number of aromatic nitrogens is 1. The second kappa shape index (κ2) is 9.45. The lowest BCUT2D eigenvalue weighted by atomic mass is 10.00. The minimum absolute atomic E-state index is 0.0139. The Morgan fingerprint density at radius 2 is 2.26 bits per heavy atom. The zero-order valence-corrected chi connectivity index (χ0v) is 18.2. The largest absolute Gasteiger partial charge is 0.395 e. The van der Waals surface area contributed by atoms with Gasteiger partial charge < -0.3 is 20.5 Å². The molecule has 1 amide bonds. The Morgan fingerprint density at radius 3 is 3.06 bits per heavy atom. The third-order valence-corrected chi connectivity index (χ3v) is 7.46. The number of morpholine rings is 1. The lowest BCUT2D eigenvalue weighted by molar-refractivity contribution is -0.134. The number of nitrogens with one attached hydrogen (secondary N) is 4. The van der Waals surface area contributed by atoms with E-state index in [0.717, 1.165) is 41.2 Å². The Bertz CT molecular complexity index is 871. The Balaban J connectivity index is 1.42. The van der Waals surface area contributed by atoms with Crippen LogP contribution < -0.4 is 21.3 Å². The molecule has 3 aliphatic heterocycles. The third kappa shape index (κ3) is 4.47. The van der Waals surface area contributed by atoms with Crippen LogP contribution in [0.3, 0.4) is 0 Å². The first kappa shape index (κ1) is 21.2. The van der Waals surface area contributed by atoms with Crippen molar-refractivity contribution < 1.29 is 14.6 Å². The molecule has 0 spiro atoms. The van der Waals surface area contributed by atoms with Crippen molar-refractivity contribution in [2.45, 2.75) is 43.3 Å². The van der Waals surface area contributed by atoms with Crippen LogP contribution in [0.1, 0.15) is 23.8 Å². The van der Waals surface area contributed by atoms with Crippen molar-refractivity contribution in [1.29, 1.82) is 0 Å². The average molecular weight is 447 g/mol. The lowest BCUT2D eigenvalue weighted by Crippen LogP contribution is -2.73. The van der Waals surface area contributed by atoms with Gasteiger partial charge in [-0.1, -0.05) is 12.1 Å². The van der Waals surface area contributed by atoms with Crippen molar-refractivity contribution in [1.82, 2.24) is 31.2 Å². The van der Waals surface area contributed by atoms with Crippen molar-refractivity contribution in [3.8, 4) is 0 Å². The normalized spacial score (nSPS) is 32.8. The van der Waals surface area contributed by atoms with Gasteiger partial charge in [0.05, 0.1) is 42.2 Å². The number of thiazole rings is 1. The van der Waals surface area contributed by atoms with Crippen molar-refractivity contribution in [2.24, 2.45) is 0 Å². The second-order valence-corrected chi connectivity index (χ2v) is 9.47. The highest BCUT2D eigenvalue weighted by molar-refractivity contribution is 7.18. The molecule has 0 radical (unpaired) electrons. The quantitative estimate of drug-likeness (QED) is 0.428. The smallest absolute Gasteiger partial charge is 0.235 e. The van der Waals surface area contributed by atoms with E-state index in [4.69, 9.17) is 9.72 Å². The van der Waals surface area contributed by atoms with E-state index in [1.54, 1.807) is 11.3 Å². The van der Waals surface area contributed by atoms with Gasteiger partial charge in [0.15, 0.2) is 0 Å². The van der Waals surface area contributed by atoms with E-state index in [2.05, 4.69) is 26.2 Å². The number of nitrogens with zero attached hydrogens (tertiary/aromatic N) is 2. The van der Waals surface area contributed by atoms with Crippen LogP contribution in [0.15, 0.2) is 24.3 Å². The van der Waals surface area contributed by atoms with Crippen LogP contribution in [0.4, 0.5) is 0 Å². The molecule has 1 aromatic carbocycles. The highest BCUT2D eigenvalue weighted by Crippen LogP contribution is 2.31. The zero-order valence-electron chi connectivity index (χ0n) is 17.4. The first-order valence-electron chi connectivity index (χ1n) is 11.1. The molecule has 5 rings (SSSR count). The van der Waals surface area contributed by atoms with Crippen LogP contribution in [0.2, 0.25) is 0 Å². The average Bonchev–Trinajstić information content (AvgIpc) is 3.23. The third-order valence-electron chi connectivity index (χ3n) is 6.34. The van der Waals surface area contributed by atoms with Gasteiger partial charge in [-0.15, -0.1) is 11.3 Å². The molecule has 2 aromatic rings. The predicted octanol–water partition coefficient (Wildman–Crippen LogP) is -0.256. The number of benzene rings is 1. The highest BCUT2D eigenvalue weighted by Gasteiger charge is 2.43. The Morgan fingerprint density at radius 1 is 1.35 bits per heavy atom. The number of para-hydroxylation sites is 1. The number of piperidine rings is 1. The van der Waals surface area contributed by atoms with Crippen LogP contribution in [-0.2, 0) is 9.53 Å². The molecule has 1 aromatic heterocycles. The summed E-state index contributed by atoms with van der Waals surface area (Å²) >= 11 is 1.57. The fourth-order valence-electron chi connectivity index (χ4n) is 4.70. The maximum atomic E-state index is 13.4. The predicted molar refractivity (Wildman–Crippen MR) is 119 cm³/mol. The topological polar surface area (TPSA) is 111 Å². The zero-order chi connectivity index (χ0) is 21.2. The summed E-state index contributed by atoms with van der Waals surface area (Å²) in [6, 6.07) is 8.13. The molecule has 0 bridgehead atoms. The summed E-state index contributed by atoms with van der Waals surface area (Å²) < 4.78 is 6.60. The molecular weight excluding hydrogens is 416 g/mol. The van der Waals surface area contributed by atoms with Crippen LogP contribution in [0, 0.1) is 0 Å². The van der Waals surface area contributed by atoms with Gasteiger partial charge in [0, 0.05) is 19.1 Å². The summed E-state index contributed by atoms with van der Waals surface area (Å²) in [6.45, 7) is 3.58. The number of fused-ring (bicyclic) bond motifs is 1. The summed E-state index contributed by atoms with van der Waals surface area (Å²) in [7, 11) is 0. The maximum absolute atomic E-state index is 13.4. The fourth-order valence-corrected chi connectivity index (χ4v) is 5.80. The number of carbonyl (C=O) groups is 1. The van der Waals surface area contributed by atoms with Crippen molar-refractivity contribution in [2.75, 3.05) is 39.5 Å². The van der Waals surface area contributed by atoms with Crippen LogP contribution in [0.5, 0.6) is 0 Å². The van der Waals surface area contributed by atoms with E-state index in [0.29, 0.717) is 19.8 Å². The standard InChI is InChI=1S/C21H30N6O3S/c28-11-14-12-30-9-8-27(14)21-25-18(23-13-4-3-7-22-10-13)17(19(29)26-21)20-24-15-5-1-2-6-16(15)31-20/h1-2,5-6,13-14,17-18,21-23,25,28H,3-4,7-12H2,(H,26,29)/t13-,14?,17?,18?,21?/m1/s1. The Labute approximate surface area is 185 Å². The van der Waals surface area contributed by atoms with Gasteiger partial charge in [-0.05, 0) is 31.5 Å². The van der Waals surface area contributed by atoms with E-state index in [1.165, 1.54) is 0 Å². The molecule has 168 valence electrons. The molecule has 4 heterocycles. The molecule has 3 saturated heterocycles. The number of hydrogen-bond donors (Lipinski definition) is 5. The van der Waals surface area contributed by atoms with E-state index in [9.17, 15) is 9.90 Å². The van der Waals surface area contributed by atoms with Crippen molar-refractivity contribution >= 4 is 27.5 Å². The van der Waals surface area contributed by atoms with E-state index >= 15 is 0 Å². The summed E-state index contributed by atoms with van der Waals surface area (Å²) in [5, 5.41) is 24.5. The maximum Gasteiger partial charge on any atom is 0.235 e. The molecule has 5 atom stereocenters. The number of amides is 1. The molecular formula is C21H30N6O3S. The number of hydrogen-bond acceptors (Lipinski definition) is 9. The summed E-state index contributed by atoms with van der Waals surface area (Å²) in [4.78, 5) is 20.3. The number of carbonyl (C=O) groups excluding carboxylic acids is 1. The van der Waals surface area contributed by atoms with E-state index in [-0.39, 0.29) is 37.1 Å². The lowest BCUT2D eigenvalue weighted by Gasteiger charge is -2.46. The SMILES string of the molecule is O=C1NC(N2CCOCC2CO)NC(N[C@@H]2CCCNC2)C1c1nc2ccccc2s1. The number of rotatable bonds is 5. The van der Waals surface area contributed by atoms with E-state index in [1.807, 2.05) is 24.3 Å². The first-order valence-corrected chi connectivity index (χ1v) is 11.9. The molecule has 3 fully saturated rings. The van der Waals surface area contributed by atoms with Crippen LogP contribution >= 0.6 is 11.3 Å². The Kier molecular flexibility index (Phi) is 6.46. The molecule has 4 unspecified atom stereocenters. The van der Waals surface area contributed by atoms with Gasteiger partial charge >= 0.3 is 0 Å². The molecule has 31 heavy (non-hydrogen) atoms. The van der Waals surface area contributed by atoms with Crippen LogP contribution in [0.25, 0.3) is 10.2 Å². The van der Waals surface area contributed by atoms with Crippen molar-refractivity contribution in [3.63, 3.8) is 0 Å². The summed E-state index contributed by atoms with van der Waals surface area (Å²) in [5.41, 5.74) is 0.920. The van der Waals surface area contributed by atoms with Crippen molar-refractivity contribution in [3.05, 3.63) is 29.3 Å². The molecule has 0 aliphatic carbocycles. The van der Waals surface area contributed by atoms with Gasteiger partial charge in [0.2, 0.25) is 5.91 Å². The monoisotopic (exact) mass is 446 g/mol. The molecule has 5 N–H and O–H groups in total. The van der Waals surface area contributed by atoms with E-state index < -0.39 is 5.92 Å². The minimum Gasteiger partial charge on any atom is -0.395 e. The Hall–Kier alpha value is -1.66. The highest BCUT2D eigenvalue weighted by atomic mass is 32.1. The molecule has 10 heteroatoms. The number of ether oxygens (including phenoxy) is 1. The molecule has 9 nitrogen and oxygen atoms in total. The summed E-state index contributed by atoms with van der Waals surface area (Å²) in [5.74, 6) is -0.476. The van der Waals surface area contributed by atoms with Gasteiger partial charge in [-0.25, -0.2) is 4.98 Å². The number of aliphatic hydroxyl groups is 1. The van der Waals surface area contributed by atoms with Gasteiger partial charge in [-0.2, -0.15) is 0 Å². The molecule has 0 saturated carbocycles. The second-order valence-electron chi connectivity index (χ2n) is 8.41. The fraction of sp³-hybridized carbons (Fsp3) is 0.619. The minimum atomic E-state index is -0.427. The number of aliphatic hydroxyl groups excluding tert-OH is 1. The summed E-state index contributed by atoms with van der Waals surface area (Å²) in [6.07, 6.45) is 1.56. The van der Waals surface area contributed by atoms with Gasteiger partial charge in [-0.3, -0.25) is 20.3 Å². The first-order chi connectivity index (χ1) is 15.2. The van der Waals surface area contributed by atoms with Gasteiger partial charge in [0.25, 0.3) is 0 Å². The van der Waals surface area contributed by atoms with Gasteiger partial charge in [0.1, 0.15) is 17.2 Å². The molecule has 3 aliphatic rings.